The van der Waals surface area contributed by atoms with Crippen LogP contribution in [0.5, 0.6) is 0 Å². The molecule has 1 aliphatic rings. The van der Waals surface area contributed by atoms with Crippen molar-refractivity contribution in [1.82, 2.24) is 20.2 Å². The smallest absolute Gasteiger partial charge is 0.256 e. The van der Waals surface area contributed by atoms with Crippen molar-refractivity contribution in [2.24, 2.45) is 0 Å². The molecule has 1 saturated heterocycles. The van der Waals surface area contributed by atoms with E-state index in [1.807, 2.05) is 30.1 Å². The van der Waals surface area contributed by atoms with Gasteiger partial charge in [0.25, 0.3) is 5.91 Å². The highest BCUT2D eigenvalue weighted by Gasteiger charge is 2.24. The van der Waals surface area contributed by atoms with E-state index < -0.39 is 0 Å². The fourth-order valence-electron chi connectivity index (χ4n) is 2.69. The lowest BCUT2D eigenvalue weighted by atomic mass is 10.0. The number of aromatic nitrogens is 2. The molecule has 0 saturated carbocycles. The van der Waals surface area contributed by atoms with E-state index in [1.54, 1.807) is 12.4 Å². The second kappa shape index (κ2) is 5.54. The number of likely N-dealkylation sites (N-methyl/N-ethyl adjacent to an activating group) is 1. The minimum Gasteiger partial charge on any atom is -0.337 e. The van der Waals surface area contributed by atoms with E-state index in [-0.39, 0.29) is 11.9 Å². The fourth-order valence-corrected chi connectivity index (χ4v) is 2.69. The van der Waals surface area contributed by atoms with E-state index in [9.17, 15) is 4.79 Å². The van der Waals surface area contributed by atoms with Crippen molar-refractivity contribution in [2.75, 3.05) is 20.1 Å². The van der Waals surface area contributed by atoms with Gasteiger partial charge in [-0.2, -0.15) is 0 Å². The molecule has 1 atom stereocenters. The van der Waals surface area contributed by atoms with Gasteiger partial charge in [0.15, 0.2) is 0 Å². The molecule has 5 nitrogen and oxygen atoms in total. The lowest BCUT2D eigenvalue weighted by molar-refractivity contribution is 0.0710. The third kappa shape index (κ3) is 2.36. The molecule has 0 radical (unpaired) electrons. The highest BCUT2D eigenvalue weighted by atomic mass is 16.2. The van der Waals surface area contributed by atoms with Gasteiger partial charge in [0.05, 0.1) is 11.1 Å². The number of rotatable bonds is 2. The van der Waals surface area contributed by atoms with Gasteiger partial charge in [-0.3, -0.25) is 14.8 Å². The maximum absolute atomic E-state index is 12.7. The van der Waals surface area contributed by atoms with Crippen molar-refractivity contribution in [3.63, 3.8) is 0 Å². The Morgan fingerprint density at radius 3 is 3.00 bits per heavy atom. The lowest BCUT2D eigenvalue weighted by Crippen LogP contribution is -2.46. The molecule has 1 fully saturated rings. The normalized spacial score (nSPS) is 18.9. The number of hydrogen-bond donors (Lipinski definition) is 1. The molecule has 0 spiro atoms. The molecule has 1 aliphatic heterocycles. The number of amides is 1. The Balaban J connectivity index is 1.92. The molecule has 0 aliphatic carbocycles. The summed E-state index contributed by atoms with van der Waals surface area (Å²) in [5.74, 6) is 0.0183. The molecule has 5 heteroatoms. The molecule has 1 aromatic carbocycles. The van der Waals surface area contributed by atoms with Crippen LogP contribution in [0.2, 0.25) is 0 Å². The topological polar surface area (TPSA) is 58.1 Å². The van der Waals surface area contributed by atoms with Crippen LogP contribution >= 0.6 is 0 Å². The standard InChI is InChI=1S/C15H18N4O/c1-19(11-4-3-7-16-10-11)15(20)12-5-2-6-13-14(12)18-9-8-17-13/h2,5-6,8-9,11,16H,3-4,7,10H2,1H3. The van der Waals surface area contributed by atoms with Gasteiger partial charge < -0.3 is 10.2 Å². The van der Waals surface area contributed by atoms with Crippen molar-refractivity contribution < 1.29 is 4.79 Å². The molecule has 1 unspecified atom stereocenters. The van der Waals surface area contributed by atoms with Crippen LogP contribution in [0.25, 0.3) is 11.0 Å². The van der Waals surface area contributed by atoms with Gasteiger partial charge in [-0.05, 0) is 31.5 Å². The van der Waals surface area contributed by atoms with Crippen molar-refractivity contribution >= 4 is 16.9 Å². The third-order valence-electron chi connectivity index (χ3n) is 3.87. The molecule has 2 aromatic rings. The Morgan fingerprint density at radius 2 is 2.20 bits per heavy atom. The molecular formula is C15H18N4O. The monoisotopic (exact) mass is 270 g/mol. The fraction of sp³-hybridized carbons (Fsp3) is 0.400. The van der Waals surface area contributed by atoms with Crippen LogP contribution < -0.4 is 5.32 Å². The highest BCUT2D eigenvalue weighted by Crippen LogP contribution is 2.18. The number of carbonyl (C=O) groups is 1. The number of para-hydroxylation sites is 1. The second-order valence-corrected chi connectivity index (χ2v) is 5.15. The maximum atomic E-state index is 12.7. The van der Waals surface area contributed by atoms with Gasteiger partial charge in [-0.25, -0.2) is 0 Å². The minimum absolute atomic E-state index is 0.0183. The van der Waals surface area contributed by atoms with Gasteiger partial charge in [-0.1, -0.05) is 6.07 Å². The largest absolute Gasteiger partial charge is 0.337 e. The zero-order valence-corrected chi connectivity index (χ0v) is 11.5. The number of carbonyl (C=O) groups excluding carboxylic acids is 1. The van der Waals surface area contributed by atoms with E-state index >= 15 is 0 Å². The van der Waals surface area contributed by atoms with Gasteiger partial charge in [0.1, 0.15) is 5.52 Å². The number of nitrogens with zero attached hydrogens (tertiary/aromatic N) is 3. The molecule has 0 bridgehead atoms. The molecular weight excluding hydrogens is 252 g/mol. The van der Waals surface area contributed by atoms with Crippen LogP contribution in [0, 0.1) is 0 Å². The van der Waals surface area contributed by atoms with Crippen molar-refractivity contribution in [1.29, 1.82) is 0 Å². The molecule has 1 aromatic heterocycles. The summed E-state index contributed by atoms with van der Waals surface area (Å²) in [5.41, 5.74) is 2.06. The van der Waals surface area contributed by atoms with Gasteiger partial charge in [-0.15, -0.1) is 0 Å². The minimum atomic E-state index is 0.0183. The molecule has 1 amide bonds. The van der Waals surface area contributed by atoms with Gasteiger partial charge in [0, 0.05) is 32.0 Å². The van der Waals surface area contributed by atoms with Gasteiger partial charge >= 0.3 is 0 Å². The Morgan fingerprint density at radius 1 is 1.35 bits per heavy atom. The first-order valence-corrected chi connectivity index (χ1v) is 6.95. The molecule has 104 valence electrons. The summed E-state index contributed by atoms with van der Waals surface area (Å²) < 4.78 is 0. The summed E-state index contributed by atoms with van der Waals surface area (Å²) in [7, 11) is 1.87. The SMILES string of the molecule is CN(C(=O)c1cccc2nccnc12)C1CCCNC1. The lowest BCUT2D eigenvalue weighted by Gasteiger charge is -2.31. The van der Waals surface area contributed by atoms with Crippen LogP contribution in [0.1, 0.15) is 23.2 Å². The average molecular weight is 270 g/mol. The number of fused-ring (bicyclic) bond motifs is 1. The summed E-state index contributed by atoms with van der Waals surface area (Å²) in [4.78, 5) is 23.1. The zero-order valence-electron chi connectivity index (χ0n) is 11.5. The predicted molar refractivity (Wildman–Crippen MR) is 77.5 cm³/mol. The molecule has 1 N–H and O–H groups in total. The first-order valence-electron chi connectivity index (χ1n) is 6.95. The molecule has 2 heterocycles. The summed E-state index contributed by atoms with van der Waals surface area (Å²) >= 11 is 0. The summed E-state index contributed by atoms with van der Waals surface area (Å²) in [6, 6.07) is 5.81. The number of piperidine rings is 1. The Hall–Kier alpha value is -2.01. The second-order valence-electron chi connectivity index (χ2n) is 5.15. The maximum Gasteiger partial charge on any atom is 0.256 e. The number of hydrogen-bond acceptors (Lipinski definition) is 4. The summed E-state index contributed by atoms with van der Waals surface area (Å²) in [5, 5.41) is 3.34. The quantitative estimate of drug-likeness (QED) is 0.897. The summed E-state index contributed by atoms with van der Waals surface area (Å²) in [6.07, 6.45) is 5.43. The van der Waals surface area contributed by atoms with E-state index in [1.165, 1.54) is 0 Å². The van der Waals surface area contributed by atoms with E-state index in [2.05, 4.69) is 15.3 Å². The zero-order chi connectivity index (χ0) is 13.9. The summed E-state index contributed by atoms with van der Waals surface area (Å²) in [6.45, 7) is 1.90. The van der Waals surface area contributed by atoms with Crippen molar-refractivity contribution in [2.45, 2.75) is 18.9 Å². The molecule has 20 heavy (non-hydrogen) atoms. The Kier molecular flexibility index (Phi) is 3.60. The van der Waals surface area contributed by atoms with Crippen LogP contribution in [0.4, 0.5) is 0 Å². The van der Waals surface area contributed by atoms with Gasteiger partial charge in [0.2, 0.25) is 0 Å². The Labute approximate surface area is 118 Å². The first-order chi connectivity index (χ1) is 9.77. The third-order valence-corrected chi connectivity index (χ3v) is 3.87. The average Bonchev–Trinajstić information content (AvgIpc) is 2.54. The van der Waals surface area contributed by atoms with Crippen LogP contribution in [0.15, 0.2) is 30.6 Å². The number of nitrogens with one attached hydrogen (secondary N) is 1. The first kappa shape index (κ1) is 13.0. The van der Waals surface area contributed by atoms with Crippen LogP contribution in [-0.4, -0.2) is 47.0 Å². The number of benzene rings is 1. The van der Waals surface area contributed by atoms with Crippen LogP contribution in [-0.2, 0) is 0 Å². The Bertz CT molecular complexity index is 617. The molecule has 3 rings (SSSR count). The highest BCUT2D eigenvalue weighted by molar-refractivity contribution is 6.04. The van der Waals surface area contributed by atoms with E-state index in [4.69, 9.17) is 0 Å². The van der Waals surface area contributed by atoms with E-state index in [0.717, 1.165) is 31.4 Å². The van der Waals surface area contributed by atoms with E-state index in [0.29, 0.717) is 11.1 Å². The van der Waals surface area contributed by atoms with Crippen LogP contribution in [0.3, 0.4) is 0 Å². The van der Waals surface area contributed by atoms with Crippen molar-refractivity contribution in [3.8, 4) is 0 Å². The van der Waals surface area contributed by atoms with Crippen molar-refractivity contribution in [3.05, 3.63) is 36.2 Å². The predicted octanol–water partition coefficient (Wildman–Crippen LogP) is 1.45.